The molecule has 3 amide bonds. The zero-order valence-corrected chi connectivity index (χ0v) is 14.1. The van der Waals surface area contributed by atoms with Crippen LogP contribution in [0.1, 0.15) is 29.9 Å². The molecule has 0 radical (unpaired) electrons. The van der Waals surface area contributed by atoms with E-state index in [4.69, 9.17) is 11.3 Å². The summed E-state index contributed by atoms with van der Waals surface area (Å²) < 4.78 is 0. The van der Waals surface area contributed by atoms with E-state index in [2.05, 4.69) is 25.6 Å². The standard InChI is InChI=1S/C15H21N7O3/c1-9(13(16)23)10(2)14(24)18-5-6-19-15(25)11-3-4-12(20-7-11)8-21-22-17/h3-4,7,9-10H,5-6,8H2,1-2H3,(H2,16,23)(H,18,24)(H,19,25). The number of hydrogen-bond donors (Lipinski definition) is 3. The number of azide groups is 1. The van der Waals surface area contributed by atoms with Crippen LogP contribution in [0.4, 0.5) is 0 Å². The molecule has 0 saturated carbocycles. The predicted octanol–water partition coefficient (Wildman–Crippen LogP) is 0.495. The van der Waals surface area contributed by atoms with Crippen LogP contribution in [0, 0.1) is 11.8 Å². The van der Waals surface area contributed by atoms with Crippen molar-refractivity contribution >= 4 is 17.7 Å². The smallest absolute Gasteiger partial charge is 0.252 e. The van der Waals surface area contributed by atoms with Crippen molar-refractivity contribution < 1.29 is 14.4 Å². The highest BCUT2D eigenvalue weighted by atomic mass is 16.2. The molecule has 0 aliphatic rings. The lowest BCUT2D eigenvalue weighted by molar-refractivity contribution is -0.132. The molecule has 2 atom stereocenters. The van der Waals surface area contributed by atoms with Crippen molar-refractivity contribution in [2.24, 2.45) is 22.7 Å². The van der Waals surface area contributed by atoms with Crippen molar-refractivity contribution in [2.45, 2.75) is 20.4 Å². The van der Waals surface area contributed by atoms with Crippen LogP contribution < -0.4 is 16.4 Å². The second kappa shape index (κ2) is 9.89. The average Bonchev–Trinajstić information content (AvgIpc) is 2.62. The first kappa shape index (κ1) is 19.9. The molecule has 0 aromatic carbocycles. The number of rotatable bonds is 9. The van der Waals surface area contributed by atoms with Crippen molar-refractivity contribution in [3.63, 3.8) is 0 Å². The van der Waals surface area contributed by atoms with E-state index in [0.717, 1.165) is 0 Å². The number of primary amides is 1. The fourth-order valence-corrected chi connectivity index (χ4v) is 1.85. The Morgan fingerprint density at radius 1 is 1.24 bits per heavy atom. The Kier molecular flexibility index (Phi) is 7.88. The van der Waals surface area contributed by atoms with E-state index < -0.39 is 17.7 Å². The van der Waals surface area contributed by atoms with Gasteiger partial charge in [0.15, 0.2) is 0 Å². The maximum Gasteiger partial charge on any atom is 0.252 e. The van der Waals surface area contributed by atoms with Crippen molar-refractivity contribution in [3.05, 3.63) is 40.0 Å². The molecule has 1 heterocycles. The van der Waals surface area contributed by atoms with Crippen molar-refractivity contribution in [2.75, 3.05) is 13.1 Å². The first-order valence-corrected chi connectivity index (χ1v) is 7.67. The van der Waals surface area contributed by atoms with Crippen molar-refractivity contribution in [1.29, 1.82) is 0 Å². The molecule has 0 bridgehead atoms. The summed E-state index contributed by atoms with van der Waals surface area (Å²) >= 11 is 0. The van der Waals surface area contributed by atoms with Gasteiger partial charge >= 0.3 is 0 Å². The van der Waals surface area contributed by atoms with Crippen LogP contribution in [0.2, 0.25) is 0 Å². The van der Waals surface area contributed by atoms with E-state index >= 15 is 0 Å². The number of nitrogens with zero attached hydrogens (tertiary/aromatic N) is 4. The van der Waals surface area contributed by atoms with Gasteiger partial charge in [0.25, 0.3) is 5.91 Å². The average molecular weight is 347 g/mol. The SMILES string of the molecule is CC(C(N)=O)C(C)C(=O)NCCNC(=O)c1ccc(CN=[N+]=[N-])nc1. The third-order valence-electron chi connectivity index (χ3n) is 3.71. The van der Waals surface area contributed by atoms with Crippen molar-refractivity contribution in [3.8, 4) is 0 Å². The highest BCUT2D eigenvalue weighted by Crippen LogP contribution is 2.09. The molecule has 10 nitrogen and oxygen atoms in total. The molecule has 25 heavy (non-hydrogen) atoms. The quantitative estimate of drug-likeness (QED) is 0.256. The minimum Gasteiger partial charge on any atom is -0.369 e. The molecule has 0 fully saturated rings. The van der Waals surface area contributed by atoms with Gasteiger partial charge in [0, 0.05) is 41.7 Å². The molecule has 10 heteroatoms. The highest BCUT2D eigenvalue weighted by molar-refractivity contribution is 5.93. The van der Waals surface area contributed by atoms with Gasteiger partial charge < -0.3 is 16.4 Å². The molecular weight excluding hydrogens is 326 g/mol. The molecule has 1 rings (SSSR count). The molecule has 1 aromatic heterocycles. The first-order chi connectivity index (χ1) is 11.9. The fourth-order valence-electron chi connectivity index (χ4n) is 1.85. The van der Waals surface area contributed by atoms with Crippen molar-refractivity contribution in [1.82, 2.24) is 15.6 Å². The van der Waals surface area contributed by atoms with Gasteiger partial charge in [-0.2, -0.15) is 0 Å². The Morgan fingerprint density at radius 3 is 2.48 bits per heavy atom. The number of carbonyl (C=O) groups excluding carboxylic acids is 3. The summed E-state index contributed by atoms with van der Waals surface area (Å²) in [4.78, 5) is 41.5. The third-order valence-corrected chi connectivity index (χ3v) is 3.71. The van der Waals surface area contributed by atoms with Gasteiger partial charge in [-0.05, 0) is 17.7 Å². The van der Waals surface area contributed by atoms with Crippen LogP contribution in [0.5, 0.6) is 0 Å². The summed E-state index contributed by atoms with van der Waals surface area (Å²) in [6, 6.07) is 3.16. The molecule has 134 valence electrons. The Morgan fingerprint density at radius 2 is 1.92 bits per heavy atom. The normalized spacial score (nSPS) is 12.4. The maximum absolute atomic E-state index is 11.9. The molecule has 0 aliphatic heterocycles. The highest BCUT2D eigenvalue weighted by Gasteiger charge is 2.23. The summed E-state index contributed by atoms with van der Waals surface area (Å²) in [5.74, 6) is -2.28. The van der Waals surface area contributed by atoms with Crippen LogP contribution in [0.15, 0.2) is 23.4 Å². The van der Waals surface area contributed by atoms with Gasteiger partial charge in [0.05, 0.1) is 12.1 Å². The summed E-state index contributed by atoms with van der Waals surface area (Å²) in [7, 11) is 0. The zero-order valence-electron chi connectivity index (χ0n) is 14.1. The Balaban J connectivity index is 2.38. The Bertz CT molecular complexity index is 668. The van der Waals surface area contributed by atoms with Crippen LogP contribution >= 0.6 is 0 Å². The minimum atomic E-state index is -0.565. The summed E-state index contributed by atoms with van der Waals surface area (Å²) in [5.41, 5.74) is 14.3. The number of amides is 3. The zero-order chi connectivity index (χ0) is 18.8. The number of nitrogens with two attached hydrogens (primary N) is 1. The lowest BCUT2D eigenvalue weighted by Gasteiger charge is -2.16. The van der Waals surface area contributed by atoms with Crippen LogP contribution in [-0.2, 0) is 16.1 Å². The predicted molar refractivity (Wildman–Crippen MR) is 90.0 cm³/mol. The molecule has 4 N–H and O–H groups in total. The van der Waals surface area contributed by atoms with Gasteiger partial charge in [0.1, 0.15) is 0 Å². The van der Waals surface area contributed by atoms with E-state index in [0.29, 0.717) is 11.3 Å². The largest absolute Gasteiger partial charge is 0.369 e. The molecule has 0 saturated heterocycles. The molecule has 0 spiro atoms. The summed E-state index contributed by atoms with van der Waals surface area (Å²) in [6.07, 6.45) is 1.38. The number of aromatic nitrogens is 1. The molecular formula is C15H21N7O3. The van der Waals surface area contributed by atoms with E-state index in [1.54, 1.807) is 26.0 Å². The molecule has 0 aliphatic carbocycles. The van der Waals surface area contributed by atoms with E-state index in [9.17, 15) is 14.4 Å². The number of carbonyl (C=O) groups is 3. The Hall–Kier alpha value is -3.13. The monoisotopic (exact) mass is 347 g/mol. The number of hydrogen-bond acceptors (Lipinski definition) is 5. The van der Waals surface area contributed by atoms with E-state index in [1.807, 2.05) is 0 Å². The van der Waals surface area contributed by atoms with Gasteiger partial charge in [-0.3, -0.25) is 19.4 Å². The number of pyridine rings is 1. The van der Waals surface area contributed by atoms with Crippen LogP contribution in [0.25, 0.3) is 10.4 Å². The summed E-state index contributed by atoms with van der Waals surface area (Å²) in [6.45, 7) is 3.78. The molecule has 1 aromatic rings. The summed E-state index contributed by atoms with van der Waals surface area (Å²) in [5, 5.41) is 8.65. The van der Waals surface area contributed by atoms with Gasteiger partial charge in [-0.1, -0.05) is 19.0 Å². The van der Waals surface area contributed by atoms with Gasteiger partial charge in [0.2, 0.25) is 11.8 Å². The Labute approximate surface area is 144 Å². The van der Waals surface area contributed by atoms with Crippen LogP contribution in [0.3, 0.4) is 0 Å². The maximum atomic E-state index is 11.9. The first-order valence-electron chi connectivity index (χ1n) is 7.67. The third kappa shape index (κ3) is 6.48. The second-order valence-corrected chi connectivity index (χ2v) is 5.45. The van der Waals surface area contributed by atoms with Gasteiger partial charge in [-0.15, -0.1) is 0 Å². The van der Waals surface area contributed by atoms with E-state index in [1.165, 1.54) is 6.20 Å². The minimum absolute atomic E-state index is 0.117. The molecule has 2 unspecified atom stereocenters. The van der Waals surface area contributed by atoms with Gasteiger partial charge in [-0.25, -0.2) is 0 Å². The van der Waals surface area contributed by atoms with E-state index in [-0.39, 0.29) is 31.4 Å². The van der Waals surface area contributed by atoms with Crippen LogP contribution in [-0.4, -0.2) is 35.8 Å². The lowest BCUT2D eigenvalue weighted by atomic mass is 9.94. The lowest BCUT2D eigenvalue weighted by Crippen LogP contribution is -2.40. The second-order valence-electron chi connectivity index (χ2n) is 5.45. The topological polar surface area (TPSA) is 163 Å². The number of nitrogens with one attached hydrogen (secondary N) is 2. The fraction of sp³-hybridized carbons (Fsp3) is 0.467.